The molecule has 0 bridgehead atoms. The molecule has 0 aliphatic heterocycles. The molecule has 0 unspecified atom stereocenters. The van der Waals surface area contributed by atoms with E-state index in [0.717, 1.165) is 5.56 Å². The van der Waals surface area contributed by atoms with Crippen molar-refractivity contribution in [2.24, 2.45) is 0 Å². The fourth-order valence-corrected chi connectivity index (χ4v) is 1.71. The van der Waals surface area contributed by atoms with Crippen LogP contribution in [0.3, 0.4) is 0 Å². The second-order valence-electron chi connectivity index (χ2n) is 4.32. The van der Waals surface area contributed by atoms with Crippen LogP contribution in [0.4, 0.5) is 11.4 Å². The first-order valence-electron chi connectivity index (χ1n) is 6.31. The van der Waals surface area contributed by atoms with Gasteiger partial charge in [0.1, 0.15) is 0 Å². The molecule has 6 heteroatoms. The molecule has 0 aliphatic carbocycles. The highest BCUT2D eigenvalue weighted by molar-refractivity contribution is 6.05. The van der Waals surface area contributed by atoms with Crippen molar-refractivity contribution in [2.45, 2.75) is 20.3 Å². The van der Waals surface area contributed by atoms with E-state index in [2.05, 4.69) is 20.8 Å². The summed E-state index contributed by atoms with van der Waals surface area (Å²) in [6.45, 7) is 3.63. The highest BCUT2D eigenvalue weighted by Crippen LogP contribution is 2.23. The lowest BCUT2D eigenvalue weighted by Crippen LogP contribution is -2.14. The molecule has 0 radical (unpaired) electrons. The molecule has 0 saturated carbocycles. The second kappa shape index (κ2) is 6.01. The van der Waals surface area contributed by atoms with Crippen LogP contribution in [-0.4, -0.2) is 22.0 Å². The summed E-state index contributed by atoms with van der Waals surface area (Å²) in [5, 5.41) is 11.9. The zero-order valence-electron chi connectivity index (χ0n) is 11.4. The Morgan fingerprint density at radius 1 is 1.25 bits per heavy atom. The number of H-pyrrole nitrogens is 1. The van der Waals surface area contributed by atoms with Gasteiger partial charge in [0, 0.05) is 24.0 Å². The molecule has 104 valence electrons. The molecule has 0 spiro atoms. The zero-order chi connectivity index (χ0) is 14.5. The Bertz CT molecular complexity index is 620. The Labute approximate surface area is 116 Å². The number of carbonyl (C=O) groups excluding carboxylic acids is 2. The zero-order valence-corrected chi connectivity index (χ0v) is 11.4. The second-order valence-corrected chi connectivity index (χ2v) is 4.32. The first kappa shape index (κ1) is 13.8. The normalized spacial score (nSPS) is 10.1. The van der Waals surface area contributed by atoms with Gasteiger partial charge in [-0.3, -0.25) is 14.7 Å². The van der Waals surface area contributed by atoms with Crippen LogP contribution in [0.5, 0.6) is 0 Å². The molecule has 1 heterocycles. The molecular weight excluding hydrogens is 256 g/mol. The number of nitrogens with one attached hydrogen (secondary N) is 3. The van der Waals surface area contributed by atoms with E-state index in [1.807, 2.05) is 6.92 Å². The van der Waals surface area contributed by atoms with Crippen LogP contribution >= 0.6 is 0 Å². The van der Waals surface area contributed by atoms with E-state index in [9.17, 15) is 9.59 Å². The number of carbonyl (C=O) groups is 2. The summed E-state index contributed by atoms with van der Waals surface area (Å²) >= 11 is 0. The van der Waals surface area contributed by atoms with E-state index in [-0.39, 0.29) is 11.8 Å². The van der Waals surface area contributed by atoms with Gasteiger partial charge in [-0.05, 0) is 24.6 Å². The summed E-state index contributed by atoms with van der Waals surface area (Å²) in [5.74, 6) is -0.313. The minimum absolute atomic E-state index is 0.0635. The molecule has 6 nitrogen and oxygen atoms in total. The maximum absolute atomic E-state index is 12.0. The van der Waals surface area contributed by atoms with Gasteiger partial charge in [0.25, 0.3) is 5.91 Å². The number of aromatic amines is 1. The number of nitrogens with zero attached hydrogens (tertiary/aromatic N) is 1. The summed E-state index contributed by atoms with van der Waals surface area (Å²) in [6, 6.07) is 5.37. The van der Waals surface area contributed by atoms with Crippen LogP contribution in [0.2, 0.25) is 0 Å². The van der Waals surface area contributed by atoms with Crippen molar-refractivity contribution in [3.63, 3.8) is 0 Å². The van der Waals surface area contributed by atoms with E-state index >= 15 is 0 Å². The largest absolute Gasteiger partial charge is 0.326 e. The molecule has 20 heavy (non-hydrogen) atoms. The molecular formula is C14H16N4O2. The van der Waals surface area contributed by atoms with Crippen molar-refractivity contribution in [3.8, 4) is 0 Å². The number of amides is 2. The van der Waals surface area contributed by atoms with Crippen LogP contribution in [0.15, 0.2) is 30.6 Å². The van der Waals surface area contributed by atoms with Crippen molar-refractivity contribution in [1.82, 2.24) is 10.2 Å². The van der Waals surface area contributed by atoms with Gasteiger partial charge >= 0.3 is 0 Å². The van der Waals surface area contributed by atoms with Crippen LogP contribution in [0.25, 0.3) is 0 Å². The van der Waals surface area contributed by atoms with Gasteiger partial charge in [0.2, 0.25) is 5.91 Å². The lowest BCUT2D eigenvalue weighted by atomic mass is 10.1. The molecule has 0 atom stereocenters. The molecule has 3 N–H and O–H groups in total. The fourth-order valence-electron chi connectivity index (χ4n) is 1.71. The summed E-state index contributed by atoms with van der Waals surface area (Å²) in [4.78, 5) is 23.4. The van der Waals surface area contributed by atoms with Gasteiger partial charge in [-0.2, -0.15) is 5.10 Å². The van der Waals surface area contributed by atoms with E-state index in [4.69, 9.17) is 0 Å². The van der Waals surface area contributed by atoms with Crippen molar-refractivity contribution in [3.05, 3.63) is 41.7 Å². The molecule has 2 aromatic rings. The monoisotopic (exact) mass is 272 g/mol. The Hall–Kier alpha value is -2.63. The topological polar surface area (TPSA) is 86.9 Å². The number of hydrogen-bond donors (Lipinski definition) is 3. The Morgan fingerprint density at radius 2 is 1.95 bits per heavy atom. The average Bonchev–Trinajstić information content (AvgIpc) is 2.97. The molecule has 0 fully saturated rings. The lowest BCUT2D eigenvalue weighted by Gasteiger charge is -2.12. The van der Waals surface area contributed by atoms with Gasteiger partial charge < -0.3 is 10.6 Å². The highest BCUT2D eigenvalue weighted by atomic mass is 16.2. The summed E-state index contributed by atoms with van der Waals surface area (Å²) in [6.07, 6.45) is 3.38. The van der Waals surface area contributed by atoms with Gasteiger partial charge in [-0.25, -0.2) is 0 Å². The molecule has 2 amide bonds. The third kappa shape index (κ3) is 3.03. The SMILES string of the molecule is CCC(=O)Nc1cccc(NC(=O)c2cn[nH]c2)c1C. The predicted molar refractivity (Wildman–Crippen MR) is 76.6 cm³/mol. The summed E-state index contributed by atoms with van der Waals surface area (Å²) in [5.41, 5.74) is 2.62. The van der Waals surface area contributed by atoms with Crippen molar-refractivity contribution >= 4 is 23.2 Å². The first-order valence-corrected chi connectivity index (χ1v) is 6.31. The number of benzene rings is 1. The standard InChI is InChI=1S/C14H16N4O2/c1-3-13(19)17-11-5-4-6-12(9(11)2)18-14(20)10-7-15-16-8-10/h4-8H,3H2,1-2H3,(H,15,16)(H,17,19)(H,18,20). The van der Waals surface area contributed by atoms with Crippen molar-refractivity contribution < 1.29 is 9.59 Å². The quantitative estimate of drug-likeness (QED) is 0.798. The molecule has 2 rings (SSSR count). The van der Waals surface area contributed by atoms with Crippen molar-refractivity contribution in [2.75, 3.05) is 10.6 Å². The van der Waals surface area contributed by atoms with Crippen LogP contribution < -0.4 is 10.6 Å². The Kier molecular flexibility index (Phi) is 4.14. The molecule has 0 saturated heterocycles. The third-order valence-corrected chi connectivity index (χ3v) is 2.94. The van der Waals surface area contributed by atoms with Gasteiger partial charge in [-0.1, -0.05) is 13.0 Å². The summed E-state index contributed by atoms with van der Waals surface area (Å²) in [7, 11) is 0. The van der Waals surface area contributed by atoms with E-state index in [0.29, 0.717) is 23.4 Å². The van der Waals surface area contributed by atoms with E-state index < -0.39 is 0 Å². The van der Waals surface area contributed by atoms with Crippen LogP contribution in [0, 0.1) is 6.92 Å². The first-order chi connectivity index (χ1) is 9.61. The third-order valence-electron chi connectivity index (χ3n) is 2.94. The smallest absolute Gasteiger partial charge is 0.258 e. The van der Waals surface area contributed by atoms with E-state index in [1.54, 1.807) is 25.1 Å². The van der Waals surface area contributed by atoms with Gasteiger partial charge in [-0.15, -0.1) is 0 Å². The minimum Gasteiger partial charge on any atom is -0.326 e. The minimum atomic E-state index is -0.249. The number of aromatic nitrogens is 2. The highest BCUT2D eigenvalue weighted by Gasteiger charge is 2.11. The maximum Gasteiger partial charge on any atom is 0.258 e. The Balaban J connectivity index is 2.18. The average molecular weight is 272 g/mol. The predicted octanol–water partition coefficient (Wildman–Crippen LogP) is 2.32. The van der Waals surface area contributed by atoms with Crippen molar-refractivity contribution in [1.29, 1.82) is 0 Å². The lowest BCUT2D eigenvalue weighted by molar-refractivity contribution is -0.115. The number of hydrogen-bond acceptors (Lipinski definition) is 3. The van der Waals surface area contributed by atoms with E-state index in [1.165, 1.54) is 12.4 Å². The summed E-state index contributed by atoms with van der Waals surface area (Å²) < 4.78 is 0. The van der Waals surface area contributed by atoms with Gasteiger partial charge in [0.15, 0.2) is 0 Å². The Morgan fingerprint density at radius 3 is 2.55 bits per heavy atom. The van der Waals surface area contributed by atoms with Crippen LogP contribution in [-0.2, 0) is 4.79 Å². The molecule has 1 aromatic carbocycles. The number of rotatable bonds is 4. The van der Waals surface area contributed by atoms with Gasteiger partial charge in [0.05, 0.1) is 11.8 Å². The fraction of sp³-hybridized carbons (Fsp3) is 0.214. The maximum atomic E-state index is 12.0. The molecule has 0 aliphatic rings. The van der Waals surface area contributed by atoms with Crippen LogP contribution in [0.1, 0.15) is 29.3 Å². The molecule has 1 aromatic heterocycles. The number of anilines is 2.